The van der Waals surface area contributed by atoms with Crippen LogP contribution < -0.4 is 5.32 Å². The summed E-state index contributed by atoms with van der Waals surface area (Å²) in [5.41, 5.74) is 1.93. The molecule has 2 aromatic rings. The Balaban J connectivity index is 1.54. The van der Waals surface area contributed by atoms with Crippen molar-refractivity contribution in [1.29, 1.82) is 0 Å². The minimum Gasteiger partial charge on any atom is -0.463 e. The quantitative estimate of drug-likeness (QED) is 0.600. The summed E-state index contributed by atoms with van der Waals surface area (Å²) in [5, 5.41) is 3.05. The van der Waals surface area contributed by atoms with Gasteiger partial charge in [0.25, 0.3) is 5.91 Å². The number of amides is 2. The first-order chi connectivity index (χ1) is 16.5. The standard InChI is InChI=1S/C27H32N2O5/c1-3-33-27(32)25-18(2)29(24(30)16-22(25)19-10-6-4-7-11-19)17-21-14-15-23(34-21)26(31)28-20-12-8-5-9-13-20/h4,6-7,10-11,14-15,20,22H,3,5,8-9,12-13,16-17H2,1-2H3,(H,28,31). The molecule has 2 aliphatic rings. The van der Waals surface area contributed by atoms with E-state index in [1.807, 2.05) is 30.3 Å². The molecule has 4 rings (SSSR count). The summed E-state index contributed by atoms with van der Waals surface area (Å²) in [7, 11) is 0. The molecular weight excluding hydrogens is 432 g/mol. The number of carbonyl (C=O) groups excluding carboxylic acids is 3. The van der Waals surface area contributed by atoms with Crippen molar-refractivity contribution in [1.82, 2.24) is 10.2 Å². The third kappa shape index (κ3) is 5.24. The fraction of sp³-hybridized carbons (Fsp3) is 0.444. The van der Waals surface area contributed by atoms with Gasteiger partial charge >= 0.3 is 5.97 Å². The molecule has 1 aromatic carbocycles. The Kier molecular flexibility index (Phi) is 7.50. The van der Waals surface area contributed by atoms with Gasteiger partial charge in [-0.3, -0.25) is 9.59 Å². The van der Waals surface area contributed by atoms with Crippen LogP contribution in [-0.4, -0.2) is 35.3 Å². The highest BCUT2D eigenvalue weighted by molar-refractivity contribution is 5.96. The summed E-state index contributed by atoms with van der Waals surface area (Å²) >= 11 is 0. The molecule has 1 saturated carbocycles. The molecule has 0 spiro atoms. The van der Waals surface area contributed by atoms with Gasteiger partial charge < -0.3 is 19.4 Å². The normalized spacial score (nSPS) is 19.3. The smallest absolute Gasteiger partial charge is 0.336 e. The number of nitrogens with zero attached hydrogens (tertiary/aromatic N) is 1. The molecule has 0 radical (unpaired) electrons. The Morgan fingerprint density at radius 1 is 1.09 bits per heavy atom. The predicted molar refractivity (Wildman–Crippen MR) is 127 cm³/mol. The zero-order valence-electron chi connectivity index (χ0n) is 19.8. The highest BCUT2D eigenvalue weighted by Gasteiger charge is 2.37. The van der Waals surface area contributed by atoms with Crippen molar-refractivity contribution in [3.8, 4) is 0 Å². The average Bonchev–Trinajstić information content (AvgIpc) is 3.31. The molecule has 0 bridgehead atoms. The van der Waals surface area contributed by atoms with E-state index in [4.69, 9.17) is 9.15 Å². The lowest BCUT2D eigenvalue weighted by atomic mass is 9.83. The van der Waals surface area contributed by atoms with E-state index in [0.29, 0.717) is 17.0 Å². The molecule has 1 aliphatic carbocycles. The van der Waals surface area contributed by atoms with Crippen LogP contribution in [0.3, 0.4) is 0 Å². The van der Waals surface area contributed by atoms with E-state index in [0.717, 1.165) is 31.2 Å². The van der Waals surface area contributed by atoms with Crippen molar-refractivity contribution in [2.24, 2.45) is 0 Å². The number of hydrogen-bond donors (Lipinski definition) is 1. The molecule has 1 unspecified atom stereocenters. The van der Waals surface area contributed by atoms with Gasteiger partial charge in [-0.25, -0.2) is 4.79 Å². The summed E-state index contributed by atoms with van der Waals surface area (Å²) in [6.45, 7) is 3.92. The zero-order chi connectivity index (χ0) is 24.1. The predicted octanol–water partition coefficient (Wildman–Crippen LogP) is 4.70. The lowest BCUT2D eigenvalue weighted by molar-refractivity contribution is -0.140. The van der Waals surface area contributed by atoms with Gasteiger partial charge in [0, 0.05) is 24.1 Å². The van der Waals surface area contributed by atoms with Crippen LogP contribution in [-0.2, 0) is 20.9 Å². The van der Waals surface area contributed by atoms with E-state index in [1.165, 1.54) is 6.42 Å². The number of allylic oxidation sites excluding steroid dienone is 1. The fourth-order valence-corrected chi connectivity index (χ4v) is 4.89. The van der Waals surface area contributed by atoms with Gasteiger partial charge in [0.05, 0.1) is 18.7 Å². The van der Waals surface area contributed by atoms with Gasteiger partial charge in [0.1, 0.15) is 5.76 Å². The minimum atomic E-state index is -0.418. The van der Waals surface area contributed by atoms with Gasteiger partial charge in [-0.1, -0.05) is 49.6 Å². The van der Waals surface area contributed by atoms with E-state index >= 15 is 0 Å². The minimum absolute atomic E-state index is 0.107. The molecule has 1 fully saturated rings. The molecule has 1 atom stereocenters. The van der Waals surface area contributed by atoms with Crippen LogP contribution in [0.15, 0.2) is 58.2 Å². The van der Waals surface area contributed by atoms with Crippen LogP contribution in [0.5, 0.6) is 0 Å². The number of esters is 1. The maximum absolute atomic E-state index is 13.1. The molecule has 7 nitrogen and oxygen atoms in total. The zero-order valence-corrected chi connectivity index (χ0v) is 19.8. The Morgan fingerprint density at radius 3 is 2.53 bits per heavy atom. The largest absolute Gasteiger partial charge is 0.463 e. The van der Waals surface area contributed by atoms with Crippen molar-refractivity contribution in [3.05, 3.63) is 70.8 Å². The first-order valence-corrected chi connectivity index (χ1v) is 12.1. The highest BCUT2D eigenvalue weighted by Crippen LogP contribution is 2.37. The lowest BCUT2D eigenvalue weighted by Crippen LogP contribution is -2.38. The SMILES string of the molecule is CCOC(=O)C1=C(C)N(Cc2ccc(C(=O)NC3CCCCC3)o2)C(=O)CC1c1ccccc1. The molecule has 2 heterocycles. The highest BCUT2D eigenvalue weighted by atomic mass is 16.5. The first kappa shape index (κ1) is 23.8. The van der Waals surface area contributed by atoms with E-state index in [1.54, 1.807) is 30.9 Å². The van der Waals surface area contributed by atoms with Crippen LogP contribution in [0.4, 0.5) is 0 Å². The Hall–Kier alpha value is -3.35. The van der Waals surface area contributed by atoms with E-state index in [9.17, 15) is 14.4 Å². The Bertz CT molecular complexity index is 1070. The summed E-state index contributed by atoms with van der Waals surface area (Å²) in [4.78, 5) is 40.2. The molecule has 1 aliphatic heterocycles. The molecule has 1 N–H and O–H groups in total. The average molecular weight is 465 g/mol. The van der Waals surface area contributed by atoms with E-state index < -0.39 is 5.97 Å². The van der Waals surface area contributed by atoms with Crippen LogP contribution in [0, 0.1) is 0 Å². The van der Waals surface area contributed by atoms with Crippen molar-refractivity contribution in [2.75, 3.05) is 6.61 Å². The fourth-order valence-electron chi connectivity index (χ4n) is 4.89. The molecule has 180 valence electrons. The molecule has 0 saturated heterocycles. The van der Waals surface area contributed by atoms with Gasteiger partial charge in [0.2, 0.25) is 5.91 Å². The second-order valence-electron chi connectivity index (χ2n) is 8.94. The molecule has 34 heavy (non-hydrogen) atoms. The number of carbonyl (C=O) groups is 3. The molecular formula is C27H32N2O5. The van der Waals surface area contributed by atoms with Crippen LogP contribution in [0.2, 0.25) is 0 Å². The van der Waals surface area contributed by atoms with Crippen molar-refractivity contribution >= 4 is 17.8 Å². The second kappa shape index (κ2) is 10.7. The Labute approximate surface area is 200 Å². The summed E-state index contributed by atoms with van der Waals surface area (Å²) in [6.07, 6.45) is 5.61. The van der Waals surface area contributed by atoms with Crippen LogP contribution >= 0.6 is 0 Å². The molecule has 2 amide bonds. The lowest BCUT2D eigenvalue weighted by Gasteiger charge is -2.34. The molecule has 1 aromatic heterocycles. The van der Waals surface area contributed by atoms with Crippen LogP contribution in [0.1, 0.15) is 80.2 Å². The number of nitrogens with one attached hydrogen (secondary N) is 1. The van der Waals surface area contributed by atoms with Crippen molar-refractivity contribution in [3.63, 3.8) is 0 Å². The van der Waals surface area contributed by atoms with Gasteiger partial charge in [-0.15, -0.1) is 0 Å². The monoisotopic (exact) mass is 464 g/mol. The number of hydrogen-bond acceptors (Lipinski definition) is 5. The van der Waals surface area contributed by atoms with Gasteiger partial charge in [-0.2, -0.15) is 0 Å². The summed E-state index contributed by atoms with van der Waals surface area (Å²) < 4.78 is 11.1. The summed E-state index contributed by atoms with van der Waals surface area (Å²) in [5.74, 6) is -0.395. The third-order valence-electron chi connectivity index (χ3n) is 6.66. The van der Waals surface area contributed by atoms with Crippen molar-refractivity contribution < 1.29 is 23.5 Å². The first-order valence-electron chi connectivity index (χ1n) is 12.1. The van der Waals surface area contributed by atoms with Crippen LogP contribution in [0.25, 0.3) is 0 Å². The number of ether oxygens (including phenoxy) is 1. The van der Waals surface area contributed by atoms with Gasteiger partial charge in [-0.05, 0) is 44.4 Å². The second-order valence-corrected chi connectivity index (χ2v) is 8.94. The van der Waals surface area contributed by atoms with E-state index in [2.05, 4.69) is 5.32 Å². The molecule has 7 heteroatoms. The summed E-state index contributed by atoms with van der Waals surface area (Å²) in [6, 6.07) is 13.1. The maximum atomic E-state index is 13.1. The van der Waals surface area contributed by atoms with E-state index in [-0.39, 0.29) is 49.1 Å². The maximum Gasteiger partial charge on any atom is 0.336 e. The number of benzene rings is 1. The van der Waals surface area contributed by atoms with Crippen molar-refractivity contribution in [2.45, 2.75) is 70.9 Å². The number of rotatable bonds is 7. The topological polar surface area (TPSA) is 88.8 Å². The third-order valence-corrected chi connectivity index (χ3v) is 6.66. The Morgan fingerprint density at radius 2 is 1.82 bits per heavy atom. The number of furan rings is 1. The van der Waals surface area contributed by atoms with Gasteiger partial charge in [0.15, 0.2) is 5.76 Å².